The first-order valence-corrected chi connectivity index (χ1v) is 6.33. The number of methoxy groups -OCH3 is 2. The summed E-state index contributed by atoms with van der Waals surface area (Å²) >= 11 is 0. The van der Waals surface area contributed by atoms with Crippen molar-refractivity contribution < 1.29 is 19.2 Å². The van der Waals surface area contributed by atoms with Gasteiger partial charge >= 0.3 is 0 Å². The van der Waals surface area contributed by atoms with Gasteiger partial charge in [-0.05, 0) is 18.2 Å². The first-order chi connectivity index (χ1) is 10.5. The summed E-state index contributed by atoms with van der Waals surface area (Å²) in [4.78, 5) is 22.7. The number of nitro benzene ring substituents is 1. The molecule has 0 saturated carbocycles. The molecule has 7 nitrogen and oxygen atoms in total. The van der Waals surface area contributed by atoms with Crippen molar-refractivity contribution in [1.82, 2.24) is 0 Å². The van der Waals surface area contributed by atoms with Crippen molar-refractivity contribution >= 4 is 17.3 Å². The Morgan fingerprint density at radius 2 is 1.68 bits per heavy atom. The van der Waals surface area contributed by atoms with Crippen LogP contribution in [-0.4, -0.2) is 25.1 Å². The Morgan fingerprint density at radius 1 is 1.09 bits per heavy atom. The molecule has 0 aliphatic rings. The highest BCUT2D eigenvalue weighted by Gasteiger charge is 2.16. The number of hydrogen-bond donors (Lipinski definition) is 1. The minimum absolute atomic E-state index is 0.124. The highest BCUT2D eigenvalue weighted by molar-refractivity contribution is 6.05. The van der Waals surface area contributed by atoms with Gasteiger partial charge in [-0.2, -0.15) is 0 Å². The van der Waals surface area contributed by atoms with Gasteiger partial charge in [0.05, 0.1) is 19.1 Å². The normalized spacial score (nSPS) is 9.91. The summed E-state index contributed by atoms with van der Waals surface area (Å²) in [6, 6.07) is 10.6. The topological polar surface area (TPSA) is 90.7 Å². The van der Waals surface area contributed by atoms with Crippen LogP contribution in [0, 0.1) is 10.1 Å². The maximum Gasteiger partial charge on any atom is 0.292 e. The SMILES string of the molecule is COc1cc(OC)cc(C(=O)Nc2ccccc2[N+](=O)[O-])c1. The third-order valence-electron chi connectivity index (χ3n) is 2.96. The van der Waals surface area contributed by atoms with E-state index in [1.165, 1.54) is 44.6 Å². The Labute approximate surface area is 126 Å². The van der Waals surface area contributed by atoms with Crippen LogP contribution >= 0.6 is 0 Å². The molecule has 7 heteroatoms. The van der Waals surface area contributed by atoms with Crippen LogP contribution in [0.25, 0.3) is 0 Å². The second-order valence-electron chi connectivity index (χ2n) is 4.33. The van der Waals surface area contributed by atoms with Gasteiger partial charge in [-0.15, -0.1) is 0 Å². The molecule has 0 aliphatic carbocycles. The molecule has 1 N–H and O–H groups in total. The Hall–Kier alpha value is -3.09. The van der Waals surface area contributed by atoms with E-state index in [4.69, 9.17) is 9.47 Å². The molecule has 0 heterocycles. The monoisotopic (exact) mass is 302 g/mol. The summed E-state index contributed by atoms with van der Waals surface area (Å²) in [6.45, 7) is 0. The number of ether oxygens (including phenoxy) is 2. The molecule has 2 aromatic carbocycles. The summed E-state index contributed by atoms with van der Waals surface area (Å²) in [5.41, 5.74) is 0.222. The lowest BCUT2D eigenvalue weighted by Gasteiger charge is -2.09. The van der Waals surface area contributed by atoms with Gasteiger partial charge in [-0.25, -0.2) is 0 Å². The third-order valence-corrected chi connectivity index (χ3v) is 2.96. The van der Waals surface area contributed by atoms with Crippen LogP contribution in [-0.2, 0) is 0 Å². The largest absolute Gasteiger partial charge is 0.497 e. The number of hydrogen-bond acceptors (Lipinski definition) is 5. The number of nitrogens with one attached hydrogen (secondary N) is 1. The summed E-state index contributed by atoms with van der Waals surface area (Å²) in [6.07, 6.45) is 0. The molecule has 0 unspecified atom stereocenters. The van der Waals surface area contributed by atoms with Crippen LogP contribution in [0.5, 0.6) is 11.5 Å². The average molecular weight is 302 g/mol. The van der Waals surface area contributed by atoms with Crippen molar-refractivity contribution in [3.63, 3.8) is 0 Å². The lowest BCUT2D eigenvalue weighted by Crippen LogP contribution is -2.13. The Kier molecular flexibility index (Phi) is 4.57. The van der Waals surface area contributed by atoms with Crippen molar-refractivity contribution in [3.05, 3.63) is 58.1 Å². The van der Waals surface area contributed by atoms with Crippen LogP contribution in [0.4, 0.5) is 11.4 Å². The minimum Gasteiger partial charge on any atom is -0.497 e. The van der Waals surface area contributed by atoms with E-state index in [-0.39, 0.29) is 16.9 Å². The number of nitrogens with zero attached hydrogens (tertiary/aromatic N) is 1. The Bertz CT molecular complexity index is 693. The van der Waals surface area contributed by atoms with E-state index < -0.39 is 10.8 Å². The molecular weight excluding hydrogens is 288 g/mol. The minimum atomic E-state index is -0.554. The zero-order valence-electron chi connectivity index (χ0n) is 12.0. The van der Waals surface area contributed by atoms with Crippen molar-refractivity contribution in [1.29, 1.82) is 0 Å². The zero-order valence-corrected chi connectivity index (χ0v) is 12.0. The average Bonchev–Trinajstić information content (AvgIpc) is 2.54. The van der Waals surface area contributed by atoms with E-state index in [1.54, 1.807) is 12.1 Å². The highest BCUT2D eigenvalue weighted by Crippen LogP contribution is 2.26. The Morgan fingerprint density at radius 3 is 2.23 bits per heavy atom. The van der Waals surface area contributed by atoms with E-state index in [2.05, 4.69) is 5.32 Å². The van der Waals surface area contributed by atoms with E-state index in [1.807, 2.05) is 0 Å². The van der Waals surface area contributed by atoms with E-state index in [9.17, 15) is 14.9 Å². The molecule has 0 fully saturated rings. The molecule has 22 heavy (non-hydrogen) atoms. The molecule has 0 bridgehead atoms. The summed E-state index contributed by atoms with van der Waals surface area (Å²) in [7, 11) is 2.94. The fourth-order valence-electron chi connectivity index (χ4n) is 1.87. The van der Waals surface area contributed by atoms with Gasteiger partial charge < -0.3 is 14.8 Å². The fourth-order valence-corrected chi connectivity index (χ4v) is 1.87. The molecule has 2 rings (SSSR count). The van der Waals surface area contributed by atoms with Crippen LogP contribution < -0.4 is 14.8 Å². The predicted molar refractivity (Wildman–Crippen MR) is 80.6 cm³/mol. The number of benzene rings is 2. The molecule has 1 amide bonds. The molecule has 0 radical (unpaired) electrons. The third kappa shape index (κ3) is 3.32. The first-order valence-electron chi connectivity index (χ1n) is 6.33. The maximum absolute atomic E-state index is 12.3. The van der Waals surface area contributed by atoms with Crippen LogP contribution in [0.1, 0.15) is 10.4 Å². The summed E-state index contributed by atoms with van der Waals surface area (Å²) in [5, 5.41) is 13.5. The van der Waals surface area contributed by atoms with Gasteiger partial charge in [-0.3, -0.25) is 14.9 Å². The van der Waals surface area contributed by atoms with Gasteiger partial charge in [-0.1, -0.05) is 12.1 Å². The Balaban J connectivity index is 2.32. The van der Waals surface area contributed by atoms with Gasteiger partial charge in [0, 0.05) is 17.7 Å². The first kappa shape index (κ1) is 15.3. The van der Waals surface area contributed by atoms with Crippen molar-refractivity contribution in [2.24, 2.45) is 0 Å². The molecule has 0 aromatic heterocycles. The highest BCUT2D eigenvalue weighted by atomic mass is 16.6. The number of anilines is 1. The lowest BCUT2D eigenvalue weighted by atomic mass is 10.1. The van der Waals surface area contributed by atoms with Crippen molar-refractivity contribution in [2.75, 3.05) is 19.5 Å². The quantitative estimate of drug-likeness (QED) is 0.677. The van der Waals surface area contributed by atoms with E-state index >= 15 is 0 Å². The fraction of sp³-hybridized carbons (Fsp3) is 0.133. The molecule has 2 aromatic rings. The van der Waals surface area contributed by atoms with Gasteiger partial charge in [0.1, 0.15) is 17.2 Å². The number of rotatable bonds is 5. The van der Waals surface area contributed by atoms with Crippen LogP contribution in [0.15, 0.2) is 42.5 Å². The molecule has 0 spiro atoms. The number of carbonyl (C=O) groups excluding carboxylic acids is 1. The van der Waals surface area contributed by atoms with Crippen molar-refractivity contribution in [3.8, 4) is 11.5 Å². The van der Waals surface area contributed by atoms with Crippen molar-refractivity contribution in [2.45, 2.75) is 0 Å². The lowest BCUT2D eigenvalue weighted by molar-refractivity contribution is -0.383. The molecule has 0 atom stereocenters. The van der Waals surface area contributed by atoms with Gasteiger partial charge in [0.25, 0.3) is 11.6 Å². The van der Waals surface area contributed by atoms with Crippen LogP contribution in [0.2, 0.25) is 0 Å². The maximum atomic E-state index is 12.3. The smallest absolute Gasteiger partial charge is 0.292 e. The number of para-hydroxylation sites is 2. The van der Waals surface area contributed by atoms with E-state index in [0.29, 0.717) is 11.5 Å². The second-order valence-corrected chi connectivity index (χ2v) is 4.33. The standard InChI is InChI=1S/C15H14N2O5/c1-21-11-7-10(8-12(9-11)22-2)15(18)16-13-5-3-4-6-14(13)17(19)20/h3-9H,1-2H3,(H,16,18). The molecule has 0 saturated heterocycles. The molecule has 0 aliphatic heterocycles. The number of nitro groups is 1. The predicted octanol–water partition coefficient (Wildman–Crippen LogP) is 2.86. The van der Waals surface area contributed by atoms with Gasteiger partial charge in [0.2, 0.25) is 0 Å². The van der Waals surface area contributed by atoms with Gasteiger partial charge in [0.15, 0.2) is 0 Å². The summed E-state index contributed by atoms with van der Waals surface area (Å²) < 4.78 is 10.2. The number of carbonyl (C=O) groups is 1. The second kappa shape index (κ2) is 6.57. The zero-order chi connectivity index (χ0) is 16.1. The van der Waals surface area contributed by atoms with E-state index in [0.717, 1.165) is 0 Å². The summed E-state index contributed by atoms with van der Waals surface area (Å²) in [5.74, 6) is 0.408. The number of amides is 1. The molecule has 114 valence electrons. The van der Waals surface area contributed by atoms with Crippen LogP contribution in [0.3, 0.4) is 0 Å². The molecular formula is C15H14N2O5.